The zero-order valence-corrected chi connectivity index (χ0v) is 22.9. The molecule has 2 amide bonds. The van der Waals surface area contributed by atoms with E-state index in [-0.39, 0.29) is 29.4 Å². The number of hydrogen-bond acceptors (Lipinski definition) is 4. The molecule has 202 valence electrons. The normalized spacial score (nSPS) is 24.8. The second-order valence-corrected chi connectivity index (χ2v) is 11.3. The Bertz CT molecular complexity index is 1480. The summed E-state index contributed by atoms with van der Waals surface area (Å²) in [7, 11) is 0. The first-order valence-corrected chi connectivity index (χ1v) is 13.8. The number of nitrogens with one attached hydrogen (secondary N) is 2. The average molecular weight is 590 g/mol. The molecule has 3 atom stereocenters. The molecule has 3 heterocycles. The van der Waals surface area contributed by atoms with Gasteiger partial charge >= 0.3 is 0 Å². The molecule has 1 spiro atoms. The molecule has 10 heteroatoms. The highest BCUT2D eigenvalue weighted by Gasteiger charge is 2.61. The molecule has 0 aromatic heterocycles. The van der Waals surface area contributed by atoms with Crippen molar-refractivity contribution < 1.29 is 23.5 Å². The van der Waals surface area contributed by atoms with E-state index in [2.05, 4.69) is 10.6 Å². The summed E-state index contributed by atoms with van der Waals surface area (Å²) in [5, 5.41) is 6.85. The second-order valence-electron chi connectivity index (χ2n) is 10.1. The molecule has 3 aromatic rings. The molecule has 2 saturated heterocycles. The van der Waals surface area contributed by atoms with Gasteiger partial charge in [-0.3, -0.25) is 9.59 Å². The molecule has 6 nitrogen and oxygen atoms in total. The highest BCUT2D eigenvalue weighted by atomic mass is 35.5. The van der Waals surface area contributed by atoms with E-state index in [4.69, 9.17) is 44.3 Å². The van der Waals surface area contributed by atoms with E-state index in [1.807, 2.05) is 0 Å². The Hall–Kier alpha value is -2.84. The zero-order valence-electron chi connectivity index (χ0n) is 20.6. The Kier molecular flexibility index (Phi) is 6.96. The van der Waals surface area contributed by atoms with Crippen LogP contribution in [0.15, 0.2) is 54.6 Å². The molecular weight excluding hydrogens is 566 g/mol. The smallest absolute Gasteiger partial charge is 0.238 e. The molecular formula is C29H24Cl3FN2O4. The number of halogens is 4. The van der Waals surface area contributed by atoms with Gasteiger partial charge in [-0.15, -0.1) is 0 Å². The van der Waals surface area contributed by atoms with Crippen LogP contribution in [0.4, 0.5) is 10.1 Å². The lowest BCUT2D eigenvalue weighted by molar-refractivity contribution is -0.131. The molecule has 0 unspecified atom stereocenters. The minimum Gasteiger partial charge on any atom is -0.490 e. The number of anilines is 1. The number of piperidine rings is 1. The van der Waals surface area contributed by atoms with Gasteiger partial charge in [0.2, 0.25) is 11.8 Å². The summed E-state index contributed by atoms with van der Waals surface area (Å²) in [5.41, 5.74) is 0.990. The third-order valence-electron chi connectivity index (χ3n) is 7.84. The van der Waals surface area contributed by atoms with Crippen LogP contribution in [-0.4, -0.2) is 31.1 Å². The first-order chi connectivity index (χ1) is 18.8. The van der Waals surface area contributed by atoms with Crippen molar-refractivity contribution in [2.45, 2.75) is 42.7 Å². The van der Waals surface area contributed by atoms with Gasteiger partial charge in [0, 0.05) is 46.5 Å². The van der Waals surface area contributed by atoms with Gasteiger partial charge in [-0.25, -0.2) is 4.39 Å². The summed E-state index contributed by atoms with van der Waals surface area (Å²) in [5.74, 6) is -1.36. The van der Waals surface area contributed by atoms with Crippen LogP contribution in [-0.2, 0) is 19.7 Å². The largest absolute Gasteiger partial charge is 0.490 e. The average Bonchev–Trinajstić information content (AvgIpc) is 3.19. The first kappa shape index (κ1) is 26.4. The summed E-state index contributed by atoms with van der Waals surface area (Å²) < 4.78 is 26.1. The molecule has 0 aliphatic carbocycles. The summed E-state index contributed by atoms with van der Waals surface area (Å²) in [6.07, 6.45) is 1.31. The summed E-state index contributed by atoms with van der Waals surface area (Å²) in [6, 6.07) is 13.8. The topological polar surface area (TPSA) is 76.7 Å². The molecule has 3 aromatic carbocycles. The minimum absolute atomic E-state index is 0.0231. The molecule has 6 rings (SSSR count). The van der Waals surface area contributed by atoms with Gasteiger partial charge in [-0.2, -0.15) is 0 Å². The third-order valence-corrected chi connectivity index (χ3v) is 8.60. The van der Waals surface area contributed by atoms with Crippen LogP contribution in [0.1, 0.15) is 47.9 Å². The molecule has 0 saturated carbocycles. The van der Waals surface area contributed by atoms with E-state index >= 15 is 0 Å². The molecule has 0 bridgehead atoms. The fourth-order valence-corrected chi connectivity index (χ4v) is 6.64. The van der Waals surface area contributed by atoms with Crippen LogP contribution in [0.25, 0.3) is 0 Å². The number of benzene rings is 3. The molecule has 3 aliphatic rings. The highest BCUT2D eigenvalue weighted by molar-refractivity contribution is 6.31. The fraction of sp³-hybridized carbons (Fsp3) is 0.310. The van der Waals surface area contributed by atoms with E-state index in [9.17, 15) is 14.0 Å². The van der Waals surface area contributed by atoms with Crippen molar-refractivity contribution in [3.8, 4) is 5.75 Å². The van der Waals surface area contributed by atoms with E-state index in [0.29, 0.717) is 64.2 Å². The summed E-state index contributed by atoms with van der Waals surface area (Å²) >= 11 is 19.0. The third kappa shape index (κ3) is 4.55. The maximum atomic E-state index is 14.2. The van der Waals surface area contributed by atoms with E-state index in [1.165, 1.54) is 12.1 Å². The quantitative estimate of drug-likeness (QED) is 0.361. The number of carbonyl (C=O) groups is 2. The van der Waals surface area contributed by atoms with Gasteiger partial charge in [0.1, 0.15) is 23.1 Å². The Morgan fingerprint density at radius 1 is 0.949 bits per heavy atom. The van der Waals surface area contributed by atoms with Crippen molar-refractivity contribution in [2.24, 2.45) is 0 Å². The lowest BCUT2D eigenvalue weighted by Crippen LogP contribution is -2.57. The van der Waals surface area contributed by atoms with Crippen LogP contribution < -0.4 is 15.4 Å². The van der Waals surface area contributed by atoms with Crippen molar-refractivity contribution in [1.82, 2.24) is 5.32 Å². The van der Waals surface area contributed by atoms with Gasteiger partial charge in [0.15, 0.2) is 0 Å². The lowest BCUT2D eigenvalue weighted by atomic mass is 9.59. The number of ether oxygens (including phenoxy) is 2. The molecule has 2 N–H and O–H groups in total. The molecule has 3 aliphatic heterocycles. The predicted molar refractivity (Wildman–Crippen MR) is 147 cm³/mol. The van der Waals surface area contributed by atoms with Crippen LogP contribution in [0.3, 0.4) is 0 Å². The number of amides is 2. The van der Waals surface area contributed by atoms with Crippen LogP contribution in [0, 0.1) is 5.82 Å². The van der Waals surface area contributed by atoms with Crippen molar-refractivity contribution in [3.63, 3.8) is 0 Å². The van der Waals surface area contributed by atoms with Gasteiger partial charge in [0.25, 0.3) is 0 Å². The minimum atomic E-state index is -1.34. The van der Waals surface area contributed by atoms with E-state index in [0.717, 1.165) is 0 Å². The Balaban J connectivity index is 1.58. The van der Waals surface area contributed by atoms with Crippen molar-refractivity contribution in [3.05, 3.63) is 92.2 Å². The van der Waals surface area contributed by atoms with Gasteiger partial charge in [-0.1, -0.05) is 46.9 Å². The maximum absolute atomic E-state index is 14.2. The Morgan fingerprint density at radius 2 is 1.69 bits per heavy atom. The van der Waals surface area contributed by atoms with E-state index < -0.39 is 23.2 Å². The van der Waals surface area contributed by atoms with Gasteiger partial charge in [0.05, 0.1) is 24.3 Å². The predicted octanol–water partition coefficient (Wildman–Crippen LogP) is 6.58. The lowest BCUT2D eigenvalue weighted by Gasteiger charge is -2.46. The molecule has 2 fully saturated rings. The molecule has 39 heavy (non-hydrogen) atoms. The maximum Gasteiger partial charge on any atom is 0.238 e. The summed E-state index contributed by atoms with van der Waals surface area (Å²) in [6.45, 7) is 1.17. The number of rotatable bonds is 4. The SMILES string of the molecule is O=C1C[C@H](c2ccc(F)c(Cl)c2)[C@]2(C(=O)Nc3cc(Cl)ccc32)[C@@H](c2cc(Cl)ccc2OC2CCOCC2)N1. The van der Waals surface area contributed by atoms with Crippen molar-refractivity contribution >= 4 is 52.3 Å². The number of hydrogen-bond donors (Lipinski definition) is 2. The van der Waals surface area contributed by atoms with Crippen molar-refractivity contribution in [2.75, 3.05) is 18.5 Å². The van der Waals surface area contributed by atoms with Crippen molar-refractivity contribution in [1.29, 1.82) is 0 Å². The number of carbonyl (C=O) groups excluding carboxylic acids is 2. The second kappa shape index (κ2) is 10.3. The number of fused-ring (bicyclic) bond motifs is 2. The fourth-order valence-electron chi connectivity index (χ4n) is 6.10. The Morgan fingerprint density at radius 3 is 2.46 bits per heavy atom. The van der Waals surface area contributed by atoms with Gasteiger partial charge in [-0.05, 0) is 53.6 Å². The van der Waals surface area contributed by atoms with Crippen LogP contribution >= 0.6 is 34.8 Å². The Labute approximate surface area is 239 Å². The van der Waals surface area contributed by atoms with Gasteiger partial charge < -0.3 is 20.1 Å². The monoisotopic (exact) mass is 588 g/mol. The first-order valence-electron chi connectivity index (χ1n) is 12.7. The van der Waals surface area contributed by atoms with Crippen LogP contribution in [0.2, 0.25) is 15.1 Å². The van der Waals surface area contributed by atoms with E-state index in [1.54, 1.807) is 42.5 Å². The summed E-state index contributed by atoms with van der Waals surface area (Å²) in [4.78, 5) is 27.5. The zero-order chi connectivity index (χ0) is 27.3. The molecule has 0 radical (unpaired) electrons. The standard InChI is InChI=1S/C29H24Cl3FN2O4/c30-16-3-6-25(39-18-7-9-38-10-8-18)19(12-16)27-29(20-4-2-17(31)13-24(20)34-28(29)37)21(14-26(36)35-27)15-1-5-23(33)22(32)11-15/h1-6,11-13,18,21,27H,7-10,14H2,(H,34,37)(H,35,36)/t21-,27-,29+/m1/s1. The van der Waals surface area contributed by atoms with Crippen LogP contribution in [0.5, 0.6) is 5.75 Å². The highest BCUT2D eigenvalue weighted by Crippen LogP contribution is 2.58.